The highest BCUT2D eigenvalue weighted by atomic mass is 19.1. The van der Waals surface area contributed by atoms with Crippen molar-refractivity contribution in [1.29, 1.82) is 0 Å². The van der Waals surface area contributed by atoms with Gasteiger partial charge in [-0.3, -0.25) is 9.69 Å². The number of rotatable bonds is 7. The molecule has 1 atom stereocenters. The first-order valence-corrected chi connectivity index (χ1v) is 10.2. The van der Waals surface area contributed by atoms with Gasteiger partial charge in [0.1, 0.15) is 0 Å². The molecule has 0 fully saturated rings. The van der Waals surface area contributed by atoms with Gasteiger partial charge in [-0.25, -0.2) is 4.39 Å². The number of carbonyl (C=O) groups excluding carboxylic acids is 1. The summed E-state index contributed by atoms with van der Waals surface area (Å²) in [5.41, 5.74) is 3.86. The molecule has 1 aliphatic heterocycles. The predicted octanol–water partition coefficient (Wildman–Crippen LogP) is 3.46. The first-order valence-electron chi connectivity index (χ1n) is 10.2. The van der Waals surface area contributed by atoms with Gasteiger partial charge in [0.15, 0.2) is 18.2 Å². The van der Waals surface area contributed by atoms with Gasteiger partial charge >= 0.3 is 0 Å². The normalized spacial score (nSPS) is 14.7. The Bertz CT molecular complexity index is 1020. The minimum Gasteiger partial charge on any atom is -0.481 e. The summed E-state index contributed by atoms with van der Waals surface area (Å²) in [5.74, 6) is -0.659. The van der Waals surface area contributed by atoms with Crippen LogP contribution in [0.15, 0.2) is 66.9 Å². The average Bonchev–Trinajstić information content (AvgIpc) is 3.19. The molecule has 5 nitrogen and oxygen atoms in total. The zero-order valence-corrected chi connectivity index (χ0v) is 17.1. The quantitative estimate of drug-likeness (QED) is 0.653. The first-order chi connectivity index (χ1) is 14.6. The Morgan fingerprint density at radius 3 is 2.63 bits per heavy atom. The lowest BCUT2D eigenvalue weighted by Gasteiger charge is -2.36. The highest BCUT2D eigenvalue weighted by Gasteiger charge is 2.26. The zero-order valence-electron chi connectivity index (χ0n) is 17.1. The van der Waals surface area contributed by atoms with Crippen LogP contribution in [0.3, 0.4) is 0 Å². The van der Waals surface area contributed by atoms with Crippen LogP contribution in [0.1, 0.15) is 22.9 Å². The van der Waals surface area contributed by atoms with Gasteiger partial charge in [0.05, 0.1) is 6.04 Å². The number of aromatic nitrogens is 1. The van der Waals surface area contributed by atoms with E-state index >= 15 is 0 Å². The van der Waals surface area contributed by atoms with Crippen molar-refractivity contribution in [3.05, 3.63) is 89.5 Å². The minimum absolute atomic E-state index is 0.0377. The number of carbonyl (C=O) groups is 1. The van der Waals surface area contributed by atoms with Crippen LogP contribution in [-0.2, 0) is 24.8 Å². The molecular formula is C24H26FN3O2. The minimum atomic E-state index is -0.473. The van der Waals surface area contributed by atoms with Gasteiger partial charge in [0.25, 0.3) is 5.91 Å². The van der Waals surface area contributed by atoms with Gasteiger partial charge in [-0.1, -0.05) is 36.4 Å². The summed E-state index contributed by atoms with van der Waals surface area (Å²) < 4.78 is 21.1. The molecule has 3 aromatic rings. The molecule has 30 heavy (non-hydrogen) atoms. The molecule has 4 rings (SSSR count). The van der Waals surface area contributed by atoms with Crippen molar-refractivity contribution in [1.82, 2.24) is 14.8 Å². The van der Waals surface area contributed by atoms with E-state index in [1.54, 1.807) is 12.1 Å². The first kappa shape index (κ1) is 20.2. The summed E-state index contributed by atoms with van der Waals surface area (Å²) in [6, 6.07) is 18.7. The van der Waals surface area contributed by atoms with Crippen LogP contribution in [0, 0.1) is 5.82 Å². The fraction of sp³-hybridized carbons (Fsp3) is 0.292. The summed E-state index contributed by atoms with van der Waals surface area (Å²) in [4.78, 5) is 14.8. The number of nitrogens with one attached hydrogen (secondary N) is 1. The van der Waals surface area contributed by atoms with Crippen LogP contribution in [0.2, 0.25) is 0 Å². The van der Waals surface area contributed by atoms with Gasteiger partial charge in [0.2, 0.25) is 0 Å². The Morgan fingerprint density at radius 1 is 1.10 bits per heavy atom. The van der Waals surface area contributed by atoms with Crippen LogP contribution in [0.4, 0.5) is 4.39 Å². The monoisotopic (exact) mass is 407 g/mol. The Kier molecular flexibility index (Phi) is 6.14. The van der Waals surface area contributed by atoms with Crippen molar-refractivity contribution in [3.8, 4) is 5.75 Å². The summed E-state index contributed by atoms with van der Waals surface area (Å²) in [5, 5.41) is 2.97. The second kappa shape index (κ2) is 9.13. The van der Waals surface area contributed by atoms with Crippen molar-refractivity contribution < 1.29 is 13.9 Å². The number of nitrogens with zero attached hydrogens (tertiary/aromatic N) is 2. The maximum absolute atomic E-state index is 13.7. The van der Waals surface area contributed by atoms with E-state index < -0.39 is 5.82 Å². The lowest BCUT2D eigenvalue weighted by atomic mass is 9.98. The van der Waals surface area contributed by atoms with Crippen molar-refractivity contribution >= 4 is 5.91 Å². The van der Waals surface area contributed by atoms with Crippen LogP contribution in [0.25, 0.3) is 0 Å². The molecule has 156 valence electrons. The van der Waals surface area contributed by atoms with Gasteiger partial charge in [-0.2, -0.15) is 0 Å². The van der Waals surface area contributed by atoms with Crippen molar-refractivity contribution in [3.63, 3.8) is 0 Å². The fourth-order valence-electron chi connectivity index (χ4n) is 3.99. The summed E-state index contributed by atoms with van der Waals surface area (Å²) in [6.45, 7) is 2.01. The lowest BCUT2D eigenvalue weighted by Crippen LogP contribution is -2.42. The number of para-hydroxylation sites is 1. The van der Waals surface area contributed by atoms with Gasteiger partial charge in [-0.05, 0) is 41.8 Å². The second-order valence-corrected chi connectivity index (χ2v) is 7.57. The molecule has 1 amide bonds. The summed E-state index contributed by atoms with van der Waals surface area (Å²) in [6.07, 6.45) is 3.00. The molecule has 1 aliphatic rings. The number of hydrogen-bond acceptors (Lipinski definition) is 3. The van der Waals surface area contributed by atoms with Gasteiger partial charge in [-0.15, -0.1) is 0 Å². The number of fused-ring (bicyclic) bond motifs is 1. The third-order valence-corrected chi connectivity index (χ3v) is 5.61. The van der Waals surface area contributed by atoms with E-state index in [4.69, 9.17) is 4.74 Å². The van der Waals surface area contributed by atoms with E-state index in [9.17, 15) is 9.18 Å². The molecule has 0 aliphatic carbocycles. The standard InChI is InChI=1S/C24H26FN3O2/c1-27-13-6-10-21(27)22(28-14-12-18-7-2-3-8-19(18)16-28)15-26-24(29)17-30-23-11-5-4-9-20(23)25/h2-11,13,22H,12,14-17H2,1H3,(H,26,29)/t22-/m1/s1. The molecule has 1 N–H and O–H groups in total. The maximum Gasteiger partial charge on any atom is 0.258 e. The van der Waals surface area contributed by atoms with E-state index in [0.717, 1.165) is 25.2 Å². The Labute approximate surface area is 176 Å². The number of hydrogen-bond donors (Lipinski definition) is 1. The van der Waals surface area contributed by atoms with E-state index in [1.165, 1.54) is 23.3 Å². The average molecular weight is 407 g/mol. The van der Waals surface area contributed by atoms with E-state index in [-0.39, 0.29) is 24.3 Å². The topological polar surface area (TPSA) is 46.5 Å². The fourth-order valence-corrected chi connectivity index (χ4v) is 3.99. The van der Waals surface area contributed by atoms with Crippen molar-refractivity contribution in [2.24, 2.45) is 7.05 Å². The van der Waals surface area contributed by atoms with Crippen LogP contribution >= 0.6 is 0 Å². The summed E-state index contributed by atoms with van der Waals surface area (Å²) >= 11 is 0. The number of halogens is 1. The molecule has 0 bridgehead atoms. The third-order valence-electron chi connectivity index (χ3n) is 5.61. The summed E-state index contributed by atoms with van der Waals surface area (Å²) in [7, 11) is 2.02. The van der Waals surface area contributed by atoms with Crippen LogP contribution in [-0.4, -0.2) is 35.1 Å². The molecule has 0 saturated carbocycles. The highest BCUT2D eigenvalue weighted by molar-refractivity contribution is 5.77. The zero-order chi connectivity index (χ0) is 20.9. The van der Waals surface area contributed by atoms with Gasteiger partial charge in [0, 0.05) is 38.6 Å². The van der Waals surface area contributed by atoms with E-state index in [1.807, 2.05) is 19.3 Å². The smallest absolute Gasteiger partial charge is 0.258 e. The molecule has 0 unspecified atom stereocenters. The molecule has 2 heterocycles. The van der Waals surface area contributed by atoms with E-state index in [0.29, 0.717) is 6.54 Å². The number of ether oxygens (including phenoxy) is 1. The molecule has 0 spiro atoms. The largest absolute Gasteiger partial charge is 0.481 e. The Hall–Kier alpha value is -3.12. The van der Waals surface area contributed by atoms with E-state index in [2.05, 4.69) is 45.1 Å². The van der Waals surface area contributed by atoms with Crippen LogP contribution in [0.5, 0.6) is 5.75 Å². The molecular weight excluding hydrogens is 381 g/mol. The molecule has 2 aromatic carbocycles. The van der Waals surface area contributed by atoms with Gasteiger partial charge < -0.3 is 14.6 Å². The Balaban J connectivity index is 1.42. The van der Waals surface area contributed by atoms with Crippen LogP contribution < -0.4 is 10.1 Å². The number of amides is 1. The number of aryl methyl sites for hydroxylation is 1. The van der Waals surface area contributed by atoms with Crippen molar-refractivity contribution in [2.45, 2.75) is 19.0 Å². The second-order valence-electron chi connectivity index (χ2n) is 7.57. The maximum atomic E-state index is 13.7. The molecule has 1 aromatic heterocycles. The third kappa shape index (κ3) is 4.54. The van der Waals surface area contributed by atoms with Crippen molar-refractivity contribution in [2.75, 3.05) is 19.7 Å². The molecule has 0 radical (unpaired) electrons. The Morgan fingerprint density at radius 2 is 1.87 bits per heavy atom. The highest BCUT2D eigenvalue weighted by Crippen LogP contribution is 2.27. The predicted molar refractivity (Wildman–Crippen MR) is 114 cm³/mol. The molecule has 0 saturated heterocycles. The number of benzene rings is 2. The molecule has 6 heteroatoms. The SMILES string of the molecule is Cn1cccc1[C@@H](CNC(=O)COc1ccccc1F)N1CCc2ccccc2C1. The lowest BCUT2D eigenvalue weighted by molar-refractivity contribution is -0.123.